The van der Waals surface area contributed by atoms with E-state index in [1.807, 2.05) is 11.3 Å². The summed E-state index contributed by atoms with van der Waals surface area (Å²) in [4.78, 5) is 1.46. The zero-order chi connectivity index (χ0) is 10.4. The van der Waals surface area contributed by atoms with Gasteiger partial charge in [-0.05, 0) is 36.9 Å². The van der Waals surface area contributed by atoms with E-state index in [1.165, 1.54) is 29.7 Å². The van der Waals surface area contributed by atoms with Crippen LogP contribution < -0.4 is 5.32 Å². The minimum absolute atomic E-state index is 0.575. The largest absolute Gasteiger partial charge is 0.310 e. The second-order valence-corrected chi connectivity index (χ2v) is 4.80. The van der Waals surface area contributed by atoms with E-state index >= 15 is 0 Å². The number of unbranched alkanes of at least 4 members (excludes halogenated alkanes) is 1. The van der Waals surface area contributed by atoms with Gasteiger partial charge in [0.1, 0.15) is 0 Å². The highest BCUT2D eigenvalue weighted by atomic mass is 32.1. The van der Waals surface area contributed by atoms with Crippen molar-refractivity contribution in [2.75, 3.05) is 6.54 Å². The molecule has 0 amide bonds. The van der Waals surface area contributed by atoms with Crippen molar-refractivity contribution in [3.63, 3.8) is 0 Å². The summed E-state index contributed by atoms with van der Waals surface area (Å²) in [5.41, 5.74) is 1.50. The molecule has 14 heavy (non-hydrogen) atoms. The molecule has 1 heterocycles. The van der Waals surface area contributed by atoms with E-state index in [-0.39, 0.29) is 0 Å². The SMILES string of the molecule is CCCCC(NCC)c1ccsc1C. The maximum atomic E-state index is 3.57. The standard InChI is InChI=1S/C12H21NS/c1-4-6-7-12(13-5-2)11-8-9-14-10(11)3/h8-9,12-13H,4-7H2,1-3H3. The zero-order valence-corrected chi connectivity index (χ0v) is 10.3. The molecule has 1 aromatic heterocycles. The summed E-state index contributed by atoms with van der Waals surface area (Å²) < 4.78 is 0. The molecule has 1 N–H and O–H groups in total. The van der Waals surface area contributed by atoms with Crippen molar-refractivity contribution < 1.29 is 0 Å². The molecule has 1 rings (SSSR count). The fourth-order valence-electron chi connectivity index (χ4n) is 1.78. The molecule has 1 atom stereocenters. The van der Waals surface area contributed by atoms with Gasteiger partial charge >= 0.3 is 0 Å². The number of aryl methyl sites for hydroxylation is 1. The van der Waals surface area contributed by atoms with Crippen LogP contribution in [0.3, 0.4) is 0 Å². The van der Waals surface area contributed by atoms with Gasteiger partial charge in [-0.2, -0.15) is 0 Å². The summed E-state index contributed by atoms with van der Waals surface area (Å²) >= 11 is 1.85. The van der Waals surface area contributed by atoms with Crippen molar-refractivity contribution in [3.05, 3.63) is 21.9 Å². The predicted octanol–water partition coefficient (Wildman–Crippen LogP) is 3.90. The molecule has 0 saturated carbocycles. The van der Waals surface area contributed by atoms with Crippen LogP contribution in [0.5, 0.6) is 0 Å². The topological polar surface area (TPSA) is 12.0 Å². The Morgan fingerprint density at radius 2 is 2.21 bits per heavy atom. The maximum absolute atomic E-state index is 3.57. The molecular weight excluding hydrogens is 190 g/mol. The van der Waals surface area contributed by atoms with Crippen LogP contribution >= 0.6 is 11.3 Å². The number of thiophene rings is 1. The van der Waals surface area contributed by atoms with E-state index < -0.39 is 0 Å². The van der Waals surface area contributed by atoms with Gasteiger partial charge in [-0.3, -0.25) is 0 Å². The Labute approximate surface area is 91.5 Å². The van der Waals surface area contributed by atoms with Crippen molar-refractivity contribution in [1.29, 1.82) is 0 Å². The number of hydrogen-bond donors (Lipinski definition) is 1. The zero-order valence-electron chi connectivity index (χ0n) is 9.47. The lowest BCUT2D eigenvalue weighted by molar-refractivity contribution is 0.494. The molecular formula is C12H21NS. The molecule has 0 aliphatic carbocycles. The minimum Gasteiger partial charge on any atom is -0.310 e. The van der Waals surface area contributed by atoms with Crippen LogP contribution in [0.2, 0.25) is 0 Å². The molecule has 1 unspecified atom stereocenters. The van der Waals surface area contributed by atoms with E-state index in [9.17, 15) is 0 Å². The highest BCUT2D eigenvalue weighted by molar-refractivity contribution is 7.10. The summed E-state index contributed by atoms with van der Waals surface area (Å²) in [7, 11) is 0. The second kappa shape index (κ2) is 6.20. The van der Waals surface area contributed by atoms with Crippen LogP contribution in [0.25, 0.3) is 0 Å². The van der Waals surface area contributed by atoms with E-state index in [2.05, 4.69) is 37.5 Å². The Hall–Kier alpha value is -0.340. The van der Waals surface area contributed by atoms with E-state index in [0.717, 1.165) is 6.54 Å². The molecule has 0 aromatic carbocycles. The third kappa shape index (κ3) is 3.10. The Morgan fingerprint density at radius 1 is 1.43 bits per heavy atom. The fraction of sp³-hybridized carbons (Fsp3) is 0.667. The Morgan fingerprint density at radius 3 is 2.71 bits per heavy atom. The summed E-state index contributed by atoms with van der Waals surface area (Å²) in [6, 6.07) is 2.84. The van der Waals surface area contributed by atoms with Crippen LogP contribution in [0.4, 0.5) is 0 Å². The molecule has 0 aliphatic heterocycles. The first-order valence-electron chi connectivity index (χ1n) is 5.57. The fourth-order valence-corrected chi connectivity index (χ4v) is 2.54. The van der Waals surface area contributed by atoms with Crippen LogP contribution in [-0.4, -0.2) is 6.54 Å². The quantitative estimate of drug-likeness (QED) is 0.752. The Bertz CT molecular complexity index is 255. The lowest BCUT2D eigenvalue weighted by Gasteiger charge is -2.17. The van der Waals surface area contributed by atoms with Crippen molar-refractivity contribution in [3.8, 4) is 0 Å². The highest BCUT2D eigenvalue weighted by Gasteiger charge is 2.12. The van der Waals surface area contributed by atoms with Gasteiger partial charge in [0.05, 0.1) is 0 Å². The Kier molecular flexibility index (Phi) is 5.20. The van der Waals surface area contributed by atoms with Crippen LogP contribution in [0.15, 0.2) is 11.4 Å². The van der Waals surface area contributed by atoms with Crippen LogP contribution in [0.1, 0.15) is 49.6 Å². The van der Waals surface area contributed by atoms with Crippen molar-refractivity contribution in [2.45, 2.75) is 46.1 Å². The highest BCUT2D eigenvalue weighted by Crippen LogP contribution is 2.26. The van der Waals surface area contributed by atoms with Crippen LogP contribution in [0, 0.1) is 6.92 Å². The lowest BCUT2D eigenvalue weighted by atomic mass is 10.0. The summed E-state index contributed by atoms with van der Waals surface area (Å²) in [5.74, 6) is 0. The summed E-state index contributed by atoms with van der Waals surface area (Å²) in [6.45, 7) is 7.71. The number of hydrogen-bond acceptors (Lipinski definition) is 2. The van der Waals surface area contributed by atoms with Crippen molar-refractivity contribution >= 4 is 11.3 Å². The molecule has 2 heteroatoms. The summed E-state index contributed by atoms with van der Waals surface area (Å²) in [6.07, 6.45) is 3.86. The van der Waals surface area contributed by atoms with E-state index in [4.69, 9.17) is 0 Å². The molecule has 80 valence electrons. The van der Waals surface area contributed by atoms with E-state index in [1.54, 1.807) is 0 Å². The molecule has 0 spiro atoms. The molecule has 0 radical (unpaired) electrons. The van der Waals surface area contributed by atoms with Crippen molar-refractivity contribution in [1.82, 2.24) is 5.32 Å². The first-order valence-corrected chi connectivity index (χ1v) is 6.44. The first-order chi connectivity index (χ1) is 6.79. The smallest absolute Gasteiger partial charge is 0.0331 e. The lowest BCUT2D eigenvalue weighted by Crippen LogP contribution is -2.20. The average Bonchev–Trinajstić information content (AvgIpc) is 2.59. The molecule has 0 fully saturated rings. The molecule has 1 nitrogen and oxygen atoms in total. The normalized spacial score (nSPS) is 13.1. The van der Waals surface area contributed by atoms with Gasteiger partial charge in [-0.25, -0.2) is 0 Å². The summed E-state index contributed by atoms with van der Waals surface area (Å²) in [5, 5.41) is 5.76. The second-order valence-electron chi connectivity index (χ2n) is 3.68. The van der Waals surface area contributed by atoms with Gasteiger partial charge in [0.25, 0.3) is 0 Å². The molecule has 0 aliphatic rings. The average molecular weight is 211 g/mol. The molecule has 0 saturated heterocycles. The maximum Gasteiger partial charge on any atom is 0.0331 e. The van der Waals surface area contributed by atoms with Gasteiger partial charge in [0, 0.05) is 10.9 Å². The van der Waals surface area contributed by atoms with Gasteiger partial charge < -0.3 is 5.32 Å². The van der Waals surface area contributed by atoms with Gasteiger partial charge in [0.2, 0.25) is 0 Å². The monoisotopic (exact) mass is 211 g/mol. The third-order valence-corrected chi connectivity index (χ3v) is 3.43. The van der Waals surface area contributed by atoms with Gasteiger partial charge in [0.15, 0.2) is 0 Å². The third-order valence-electron chi connectivity index (χ3n) is 2.57. The van der Waals surface area contributed by atoms with Gasteiger partial charge in [-0.15, -0.1) is 11.3 Å². The number of rotatable bonds is 6. The Balaban J connectivity index is 2.62. The van der Waals surface area contributed by atoms with Crippen molar-refractivity contribution in [2.24, 2.45) is 0 Å². The van der Waals surface area contributed by atoms with Crippen LogP contribution in [-0.2, 0) is 0 Å². The predicted molar refractivity (Wildman–Crippen MR) is 65.0 cm³/mol. The number of nitrogens with one attached hydrogen (secondary N) is 1. The van der Waals surface area contributed by atoms with E-state index in [0.29, 0.717) is 6.04 Å². The first kappa shape index (κ1) is 11.7. The minimum atomic E-state index is 0.575. The molecule has 0 bridgehead atoms. The van der Waals surface area contributed by atoms with Gasteiger partial charge in [-0.1, -0.05) is 26.7 Å². The molecule has 1 aromatic rings.